The molecule has 0 aliphatic heterocycles. The summed E-state index contributed by atoms with van der Waals surface area (Å²) in [7, 11) is 0. The number of hydrogen-bond donors (Lipinski definition) is 2. The third-order valence-electron chi connectivity index (χ3n) is 2.94. The molecule has 2 rings (SSSR count). The van der Waals surface area contributed by atoms with Gasteiger partial charge < -0.3 is 11.1 Å². The van der Waals surface area contributed by atoms with Crippen LogP contribution in [0.15, 0.2) is 42.5 Å². The van der Waals surface area contributed by atoms with Crippen molar-refractivity contribution in [1.82, 2.24) is 0 Å². The van der Waals surface area contributed by atoms with E-state index in [1.54, 1.807) is 24.3 Å². The summed E-state index contributed by atoms with van der Waals surface area (Å²) in [6.45, 7) is 2.07. The smallest absolute Gasteiger partial charge is 0.256 e. The second-order valence-electron chi connectivity index (χ2n) is 4.47. The number of halogens is 1. The Morgan fingerprint density at radius 3 is 2.76 bits per heavy atom. The lowest BCUT2D eigenvalue weighted by Crippen LogP contribution is -2.14. The molecule has 0 aromatic heterocycles. The lowest BCUT2D eigenvalue weighted by molar-refractivity contribution is 0.102. The monoisotopic (exact) mass is 282 g/mol. The van der Waals surface area contributed by atoms with Gasteiger partial charge in [-0.05, 0) is 36.8 Å². The van der Waals surface area contributed by atoms with E-state index in [9.17, 15) is 9.18 Å². The molecule has 3 nitrogen and oxygen atoms in total. The third-order valence-corrected chi connectivity index (χ3v) is 2.94. The van der Waals surface area contributed by atoms with Crippen LogP contribution in [0.1, 0.15) is 21.5 Å². The predicted molar refractivity (Wildman–Crippen MR) is 81.5 cm³/mol. The van der Waals surface area contributed by atoms with Crippen molar-refractivity contribution in [1.29, 1.82) is 0 Å². The molecular weight excluding hydrogens is 267 g/mol. The number of aryl methyl sites for hydroxylation is 1. The predicted octanol–water partition coefficient (Wildman–Crippen LogP) is 2.70. The fourth-order valence-corrected chi connectivity index (χ4v) is 1.85. The topological polar surface area (TPSA) is 55.1 Å². The number of para-hydroxylation sites is 1. The van der Waals surface area contributed by atoms with Crippen LogP contribution >= 0.6 is 0 Å². The Labute approximate surface area is 123 Å². The van der Waals surface area contributed by atoms with E-state index in [4.69, 9.17) is 5.73 Å². The first kappa shape index (κ1) is 14.8. The Morgan fingerprint density at radius 2 is 2.05 bits per heavy atom. The van der Waals surface area contributed by atoms with Crippen LogP contribution in [0.4, 0.5) is 10.1 Å². The molecule has 0 saturated heterocycles. The zero-order valence-corrected chi connectivity index (χ0v) is 11.6. The Bertz CT molecular complexity index is 729. The third kappa shape index (κ3) is 3.68. The van der Waals surface area contributed by atoms with Crippen molar-refractivity contribution in [2.24, 2.45) is 5.73 Å². The number of carbonyl (C=O) groups excluding carboxylic acids is 1. The van der Waals surface area contributed by atoms with Gasteiger partial charge in [-0.3, -0.25) is 4.79 Å². The molecule has 106 valence electrons. The van der Waals surface area contributed by atoms with E-state index >= 15 is 0 Å². The number of rotatable bonds is 2. The largest absolute Gasteiger partial charge is 0.320 e. The van der Waals surface area contributed by atoms with Crippen molar-refractivity contribution in [3.05, 3.63) is 65.0 Å². The van der Waals surface area contributed by atoms with Crippen molar-refractivity contribution in [2.75, 3.05) is 11.9 Å². The molecule has 3 N–H and O–H groups in total. The molecule has 0 heterocycles. The van der Waals surface area contributed by atoms with Gasteiger partial charge in [0.2, 0.25) is 0 Å². The molecule has 0 bridgehead atoms. The van der Waals surface area contributed by atoms with Crippen molar-refractivity contribution in [3.8, 4) is 11.8 Å². The van der Waals surface area contributed by atoms with Crippen molar-refractivity contribution < 1.29 is 9.18 Å². The van der Waals surface area contributed by atoms with Gasteiger partial charge >= 0.3 is 0 Å². The summed E-state index contributed by atoms with van der Waals surface area (Å²) in [6.07, 6.45) is 0. The van der Waals surface area contributed by atoms with E-state index in [2.05, 4.69) is 17.2 Å². The highest BCUT2D eigenvalue weighted by Gasteiger charge is 2.11. The first-order chi connectivity index (χ1) is 10.1. The quantitative estimate of drug-likeness (QED) is 0.832. The first-order valence-corrected chi connectivity index (χ1v) is 6.47. The van der Waals surface area contributed by atoms with Crippen molar-refractivity contribution in [2.45, 2.75) is 6.92 Å². The highest BCUT2D eigenvalue weighted by molar-refractivity contribution is 6.05. The van der Waals surface area contributed by atoms with Gasteiger partial charge in [-0.25, -0.2) is 4.39 Å². The Kier molecular flexibility index (Phi) is 4.70. The summed E-state index contributed by atoms with van der Waals surface area (Å²) in [6, 6.07) is 11.3. The standard InChI is InChI=1S/C17H15FN2O/c1-12-8-9-13(5-4-10-19)11-14(12)17(21)20-16-7-3-2-6-15(16)18/h2-3,6-9,11H,10,19H2,1H3,(H,20,21). The van der Waals surface area contributed by atoms with Gasteiger partial charge in [0.15, 0.2) is 0 Å². The molecule has 0 aliphatic rings. The van der Waals surface area contributed by atoms with Crippen LogP contribution in [-0.2, 0) is 0 Å². The van der Waals surface area contributed by atoms with E-state index in [1.807, 2.05) is 13.0 Å². The minimum Gasteiger partial charge on any atom is -0.320 e. The van der Waals surface area contributed by atoms with Gasteiger partial charge in [-0.15, -0.1) is 0 Å². The highest BCUT2D eigenvalue weighted by atomic mass is 19.1. The summed E-state index contributed by atoms with van der Waals surface area (Å²) in [5.74, 6) is 4.77. The minimum atomic E-state index is -0.470. The molecule has 0 spiro atoms. The Hall–Kier alpha value is -2.64. The zero-order valence-electron chi connectivity index (χ0n) is 11.6. The number of anilines is 1. The Morgan fingerprint density at radius 1 is 1.29 bits per heavy atom. The zero-order chi connectivity index (χ0) is 15.2. The average Bonchev–Trinajstić information content (AvgIpc) is 2.48. The number of nitrogens with two attached hydrogens (primary N) is 1. The van der Waals surface area contributed by atoms with E-state index in [0.717, 1.165) is 5.56 Å². The molecule has 0 fully saturated rings. The molecule has 4 heteroatoms. The van der Waals surface area contributed by atoms with Crippen LogP contribution < -0.4 is 11.1 Å². The van der Waals surface area contributed by atoms with Crippen LogP contribution in [0.25, 0.3) is 0 Å². The summed E-state index contributed by atoms with van der Waals surface area (Å²) in [5.41, 5.74) is 7.43. The normalized spacial score (nSPS) is 9.67. The van der Waals surface area contributed by atoms with Gasteiger partial charge in [0.1, 0.15) is 5.82 Å². The average molecular weight is 282 g/mol. The fourth-order valence-electron chi connectivity index (χ4n) is 1.85. The summed E-state index contributed by atoms with van der Waals surface area (Å²) in [4.78, 5) is 12.3. The number of hydrogen-bond acceptors (Lipinski definition) is 2. The molecule has 0 unspecified atom stereocenters. The van der Waals surface area contributed by atoms with Gasteiger partial charge in [0.25, 0.3) is 5.91 Å². The van der Waals surface area contributed by atoms with Gasteiger partial charge in [-0.2, -0.15) is 0 Å². The lowest BCUT2D eigenvalue weighted by atomic mass is 10.0. The molecule has 2 aromatic rings. The van der Waals surface area contributed by atoms with Crippen LogP contribution in [0, 0.1) is 24.6 Å². The van der Waals surface area contributed by atoms with Crippen LogP contribution in [0.5, 0.6) is 0 Å². The van der Waals surface area contributed by atoms with Gasteiger partial charge in [-0.1, -0.05) is 30.0 Å². The van der Waals surface area contributed by atoms with E-state index < -0.39 is 5.82 Å². The van der Waals surface area contributed by atoms with E-state index in [0.29, 0.717) is 11.1 Å². The Balaban J connectivity index is 2.28. The van der Waals surface area contributed by atoms with Crippen LogP contribution in [0.2, 0.25) is 0 Å². The fraction of sp³-hybridized carbons (Fsp3) is 0.118. The molecular formula is C17H15FN2O. The lowest BCUT2D eigenvalue weighted by Gasteiger charge is -2.09. The maximum Gasteiger partial charge on any atom is 0.256 e. The highest BCUT2D eigenvalue weighted by Crippen LogP contribution is 2.16. The van der Waals surface area contributed by atoms with Crippen LogP contribution in [-0.4, -0.2) is 12.5 Å². The molecule has 2 aromatic carbocycles. The summed E-state index contributed by atoms with van der Waals surface area (Å²) < 4.78 is 13.6. The number of carbonyl (C=O) groups is 1. The first-order valence-electron chi connectivity index (χ1n) is 6.47. The molecule has 1 amide bonds. The van der Waals surface area contributed by atoms with E-state index in [-0.39, 0.29) is 18.1 Å². The summed E-state index contributed by atoms with van der Waals surface area (Å²) in [5, 5.41) is 2.56. The number of nitrogens with one attached hydrogen (secondary N) is 1. The number of benzene rings is 2. The second-order valence-corrected chi connectivity index (χ2v) is 4.47. The molecule has 0 atom stereocenters. The van der Waals surface area contributed by atoms with Crippen LogP contribution in [0.3, 0.4) is 0 Å². The van der Waals surface area contributed by atoms with E-state index in [1.165, 1.54) is 12.1 Å². The minimum absolute atomic E-state index is 0.153. The van der Waals surface area contributed by atoms with Gasteiger partial charge in [0.05, 0.1) is 12.2 Å². The molecule has 0 aliphatic carbocycles. The maximum atomic E-state index is 13.6. The summed E-state index contributed by atoms with van der Waals surface area (Å²) >= 11 is 0. The van der Waals surface area contributed by atoms with Crippen molar-refractivity contribution in [3.63, 3.8) is 0 Å². The SMILES string of the molecule is Cc1ccc(C#CCN)cc1C(=O)Nc1ccccc1F. The molecule has 0 saturated carbocycles. The second kappa shape index (κ2) is 6.69. The maximum absolute atomic E-state index is 13.6. The van der Waals surface area contributed by atoms with Crippen molar-refractivity contribution >= 4 is 11.6 Å². The number of amides is 1. The molecule has 21 heavy (non-hydrogen) atoms. The molecule has 0 radical (unpaired) electrons. The van der Waals surface area contributed by atoms with Gasteiger partial charge in [0, 0.05) is 11.1 Å².